The van der Waals surface area contributed by atoms with Crippen molar-refractivity contribution in [3.63, 3.8) is 0 Å². The Hall–Kier alpha value is -3.44. The van der Waals surface area contributed by atoms with Crippen LogP contribution in [0.2, 0.25) is 0 Å². The van der Waals surface area contributed by atoms with Crippen LogP contribution in [0.25, 0.3) is 11.1 Å². The van der Waals surface area contributed by atoms with Crippen LogP contribution in [0.4, 0.5) is 13.2 Å². The van der Waals surface area contributed by atoms with E-state index < -0.39 is 18.4 Å². The Bertz CT molecular complexity index is 1000. The van der Waals surface area contributed by atoms with E-state index in [4.69, 9.17) is 9.47 Å². The van der Waals surface area contributed by atoms with Crippen molar-refractivity contribution in [2.24, 2.45) is 0 Å². The molecule has 1 atom stereocenters. The highest BCUT2D eigenvalue weighted by molar-refractivity contribution is 5.81. The zero-order valence-electron chi connectivity index (χ0n) is 17.5. The van der Waals surface area contributed by atoms with Crippen molar-refractivity contribution >= 4 is 5.97 Å². The number of rotatable bonds is 8. The number of alkyl halides is 3. The normalized spacial score (nSPS) is 11.8. The van der Waals surface area contributed by atoms with Crippen molar-refractivity contribution in [2.45, 2.75) is 39.7 Å². The second-order valence-corrected chi connectivity index (χ2v) is 6.66. The molecule has 164 valence electrons. The zero-order chi connectivity index (χ0) is 23.2. The van der Waals surface area contributed by atoms with Crippen LogP contribution in [0.15, 0.2) is 61.6 Å². The summed E-state index contributed by atoms with van der Waals surface area (Å²) in [6.07, 6.45) is -2.46. The molecule has 0 N–H and O–H groups in total. The van der Waals surface area contributed by atoms with Gasteiger partial charge in [0, 0.05) is 11.6 Å². The Kier molecular flexibility index (Phi) is 7.72. The summed E-state index contributed by atoms with van der Waals surface area (Å²) >= 11 is 0. The molecule has 0 radical (unpaired) electrons. The molecule has 2 aromatic rings. The van der Waals surface area contributed by atoms with Crippen LogP contribution in [-0.4, -0.2) is 12.3 Å². The number of ether oxygens (including phenoxy) is 3. The molecule has 0 fully saturated rings. The van der Waals surface area contributed by atoms with Crippen molar-refractivity contribution in [3.8, 4) is 22.6 Å². The minimum Gasteiger partial charge on any atom is -0.456 e. The molecule has 0 aliphatic carbocycles. The lowest BCUT2D eigenvalue weighted by molar-refractivity contribution is -0.274. The maximum Gasteiger partial charge on any atom is 0.573 e. The maximum absolute atomic E-state index is 12.4. The van der Waals surface area contributed by atoms with Crippen LogP contribution >= 0.6 is 0 Å². The number of esters is 1. The average molecular weight is 432 g/mol. The molecule has 7 heteroatoms. The Morgan fingerprint density at radius 3 is 2.39 bits per heavy atom. The van der Waals surface area contributed by atoms with Crippen LogP contribution < -0.4 is 9.47 Å². The molecule has 0 aromatic heterocycles. The highest BCUT2D eigenvalue weighted by Gasteiger charge is 2.31. The van der Waals surface area contributed by atoms with E-state index in [2.05, 4.69) is 23.6 Å². The largest absolute Gasteiger partial charge is 0.573 e. The monoisotopic (exact) mass is 432 g/mol. The molecule has 0 aliphatic heterocycles. The number of halogens is 3. The molecular weight excluding hydrogens is 409 g/mol. The summed E-state index contributed by atoms with van der Waals surface area (Å²) in [6.45, 7) is 12.4. The first-order valence-corrected chi connectivity index (χ1v) is 9.45. The lowest BCUT2D eigenvalue weighted by Crippen LogP contribution is -2.16. The minimum absolute atomic E-state index is 0.310. The van der Waals surface area contributed by atoms with E-state index >= 15 is 0 Å². The summed E-state index contributed by atoms with van der Waals surface area (Å²) in [5.74, 6) is -0.403. The molecular formula is C24H23F3O4. The van der Waals surface area contributed by atoms with E-state index in [0.717, 1.165) is 17.2 Å². The number of carbonyl (C=O) groups excluding carboxylic acids is 1. The van der Waals surface area contributed by atoms with Gasteiger partial charge in [0.15, 0.2) is 0 Å². The predicted molar refractivity (Wildman–Crippen MR) is 112 cm³/mol. The van der Waals surface area contributed by atoms with Gasteiger partial charge in [0.25, 0.3) is 0 Å². The van der Waals surface area contributed by atoms with Gasteiger partial charge in [-0.3, -0.25) is 0 Å². The van der Waals surface area contributed by atoms with Crippen LogP contribution in [0, 0.1) is 13.8 Å². The molecule has 0 bridgehead atoms. The fourth-order valence-electron chi connectivity index (χ4n) is 3.23. The molecule has 0 heterocycles. The molecule has 31 heavy (non-hydrogen) atoms. The second kappa shape index (κ2) is 10.0. The number of hydrogen-bond donors (Lipinski definition) is 0. The summed E-state index contributed by atoms with van der Waals surface area (Å²) in [7, 11) is 0. The van der Waals surface area contributed by atoms with E-state index in [1.54, 1.807) is 0 Å². The lowest BCUT2D eigenvalue weighted by atomic mass is 9.90. The Morgan fingerprint density at radius 1 is 1.23 bits per heavy atom. The Morgan fingerprint density at radius 2 is 1.87 bits per heavy atom. The van der Waals surface area contributed by atoms with Crippen LogP contribution in [0.1, 0.15) is 36.1 Å². The number of benzene rings is 2. The van der Waals surface area contributed by atoms with Gasteiger partial charge in [-0.15, -0.1) is 13.2 Å². The van der Waals surface area contributed by atoms with Crippen LogP contribution in [0.3, 0.4) is 0 Å². The van der Waals surface area contributed by atoms with Gasteiger partial charge < -0.3 is 14.2 Å². The third-order valence-corrected chi connectivity index (χ3v) is 4.55. The molecule has 2 rings (SSSR count). The molecule has 1 unspecified atom stereocenters. The van der Waals surface area contributed by atoms with Gasteiger partial charge in [-0.25, -0.2) is 4.79 Å². The Balaban J connectivity index is 2.58. The Labute approximate surface area is 179 Å². The first-order chi connectivity index (χ1) is 14.6. The quantitative estimate of drug-likeness (QED) is 0.201. The SMILES string of the molecule is C=C=COc1c(C)c(-c2ccc(OC(F)(F)F)cc2)cc(C)c1C(CC)OC(=O)C=C. The van der Waals surface area contributed by atoms with Gasteiger partial charge in [0.2, 0.25) is 0 Å². The second-order valence-electron chi connectivity index (χ2n) is 6.66. The summed E-state index contributed by atoms with van der Waals surface area (Å²) in [4.78, 5) is 11.8. The van der Waals surface area contributed by atoms with Gasteiger partial charge in [-0.1, -0.05) is 44.0 Å². The van der Waals surface area contributed by atoms with E-state index in [9.17, 15) is 18.0 Å². The van der Waals surface area contributed by atoms with E-state index in [1.807, 2.05) is 26.8 Å². The average Bonchev–Trinajstić information content (AvgIpc) is 2.72. The van der Waals surface area contributed by atoms with Crippen molar-refractivity contribution in [2.75, 3.05) is 0 Å². The molecule has 0 saturated heterocycles. The highest BCUT2D eigenvalue weighted by Crippen LogP contribution is 2.41. The van der Waals surface area contributed by atoms with Gasteiger partial charge in [-0.2, -0.15) is 0 Å². The third-order valence-electron chi connectivity index (χ3n) is 4.55. The summed E-state index contributed by atoms with van der Waals surface area (Å²) in [6, 6.07) is 7.43. The first-order valence-electron chi connectivity index (χ1n) is 9.45. The standard InChI is InChI=1S/C24H23F3O4/c1-6-13-29-23-16(5)19(17-9-11-18(12-10-17)31-24(25,26)27)14-15(4)22(23)20(7-2)30-21(28)8-3/h8-14,20H,1,3,7H2,2,4-5H3. The first kappa shape index (κ1) is 23.8. The molecule has 0 amide bonds. The van der Waals surface area contributed by atoms with Crippen molar-refractivity contribution < 1.29 is 32.2 Å². The van der Waals surface area contributed by atoms with Crippen molar-refractivity contribution in [1.29, 1.82) is 0 Å². The zero-order valence-corrected chi connectivity index (χ0v) is 17.5. The van der Waals surface area contributed by atoms with Gasteiger partial charge in [0.1, 0.15) is 23.9 Å². The molecule has 4 nitrogen and oxygen atoms in total. The molecule has 0 saturated carbocycles. The number of hydrogen-bond acceptors (Lipinski definition) is 4. The fraction of sp³-hybridized carbons (Fsp3) is 0.250. The smallest absolute Gasteiger partial charge is 0.456 e. The van der Waals surface area contributed by atoms with E-state index in [0.29, 0.717) is 28.9 Å². The van der Waals surface area contributed by atoms with Gasteiger partial charge in [-0.05, 0) is 54.7 Å². The van der Waals surface area contributed by atoms with Crippen molar-refractivity contribution in [3.05, 3.63) is 78.2 Å². The topological polar surface area (TPSA) is 44.8 Å². The summed E-state index contributed by atoms with van der Waals surface area (Å²) < 4.78 is 52.5. The minimum atomic E-state index is -4.76. The maximum atomic E-state index is 12.4. The van der Waals surface area contributed by atoms with E-state index in [-0.39, 0.29) is 5.75 Å². The molecule has 0 spiro atoms. The van der Waals surface area contributed by atoms with Gasteiger partial charge in [0.05, 0.1) is 0 Å². The predicted octanol–water partition coefficient (Wildman–Crippen LogP) is 6.73. The van der Waals surface area contributed by atoms with Gasteiger partial charge >= 0.3 is 12.3 Å². The molecule has 2 aromatic carbocycles. The number of aryl methyl sites for hydroxylation is 1. The highest BCUT2D eigenvalue weighted by atomic mass is 19.4. The summed E-state index contributed by atoms with van der Waals surface area (Å²) in [5.41, 5.74) is 6.14. The summed E-state index contributed by atoms with van der Waals surface area (Å²) in [5, 5.41) is 0. The third kappa shape index (κ3) is 6.03. The van der Waals surface area contributed by atoms with Crippen LogP contribution in [-0.2, 0) is 9.53 Å². The van der Waals surface area contributed by atoms with Crippen molar-refractivity contribution in [1.82, 2.24) is 0 Å². The van der Waals surface area contributed by atoms with Crippen LogP contribution in [0.5, 0.6) is 11.5 Å². The van der Waals surface area contributed by atoms with E-state index in [1.165, 1.54) is 30.5 Å². The number of carbonyl (C=O) groups is 1. The molecule has 0 aliphatic rings. The fourth-order valence-corrected chi connectivity index (χ4v) is 3.23. The lowest BCUT2D eigenvalue weighted by Gasteiger charge is -2.24.